The van der Waals surface area contributed by atoms with Gasteiger partial charge in [-0.2, -0.15) is 4.68 Å². The van der Waals surface area contributed by atoms with Crippen LogP contribution >= 0.6 is 11.3 Å². The third kappa shape index (κ3) is 2.68. The zero-order valence-corrected chi connectivity index (χ0v) is 12.5. The Bertz CT molecular complexity index is 851. The van der Waals surface area contributed by atoms with Crippen LogP contribution in [0.3, 0.4) is 0 Å². The van der Waals surface area contributed by atoms with Crippen molar-refractivity contribution in [2.45, 2.75) is 0 Å². The third-order valence-electron chi connectivity index (χ3n) is 3.09. The van der Waals surface area contributed by atoms with Crippen molar-refractivity contribution >= 4 is 17.1 Å². The highest BCUT2D eigenvalue weighted by Crippen LogP contribution is 2.15. The lowest BCUT2D eigenvalue weighted by Crippen LogP contribution is -2.12. The molecule has 110 valence electrons. The van der Waals surface area contributed by atoms with E-state index >= 15 is 0 Å². The van der Waals surface area contributed by atoms with Gasteiger partial charge in [0.25, 0.3) is 0 Å². The summed E-state index contributed by atoms with van der Waals surface area (Å²) in [6.45, 7) is 0. The quantitative estimate of drug-likeness (QED) is 0.695. The number of ketones is 1. The fraction of sp³-hybridized carbons (Fsp3) is 0.0625. The van der Waals surface area contributed by atoms with Crippen molar-refractivity contribution in [2.24, 2.45) is 0 Å². The summed E-state index contributed by atoms with van der Waals surface area (Å²) in [5.41, 5.74) is 1.10. The minimum atomic E-state index is -0.301. The highest BCUT2D eigenvalue weighted by molar-refractivity contribution is 7.11. The lowest BCUT2D eigenvalue weighted by Gasteiger charge is -2.02. The van der Waals surface area contributed by atoms with E-state index in [-0.39, 0.29) is 15.7 Å². The van der Waals surface area contributed by atoms with E-state index in [1.165, 1.54) is 4.68 Å². The zero-order chi connectivity index (χ0) is 15.5. The lowest BCUT2D eigenvalue weighted by molar-refractivity contribution is 0.103. The van der Waals surface area contributed by atoms with Crippen molar-refractivity contribution in [3.05, 3.63) is 74.8 Å². The number of rotatable bonds is 4. The molecule has 0 radical (unpaired) electrons. The van der Waals surface area contributed by atoms with E-state index < -0.39 is 0 Å². The first-order valence-corrected chi connectivity index (χ1v) is 7.35. The Hall–Kier alpha value is -2.73. The van der Waals surface area contributed by atoms with Gasteiger partial charge in [0.1, 0.15) is 5.75 Å². The van der Waals surface area contributed by atoms with Gasteiger partial charge in [-0.25, -0.2) is 0 Å². The van der Waals surface area contributed by atoms with E-state index in [9.17, 15) is 9.59 Å². The highest BCUT2D eigenvalue weighted by atomic mass is 32.1. The minimum Gasteiger partial charge on any atom is -0.497 e. The standard InChI is InChI=1S/C16H12N2O3S/c1-21-13-9-7-12(8-10-13)18-16(20)22-15(17-18)14(19)11-5-3-2-4-6-11/h2-10H,1H3. The van der Waals surface area contributed by atoms with Crippen molar-refractivity contribution in [3.8, 4) is 11.4 Å². The monoisotopic (exact) mass is 312 g/mol. The van der Waals surface area contributed by atoms with Crippen LogP contribution in [-0.2, 0) is 0 Å². The van der Waals surface area contributed by atoms with Crippen LogP contribution in [-0.4, -0.2) is 22.7 Å². The van der Waals surface area contributed by atoms with Crippen LogP contribution in [0, 0.1) is 0 Å². The predicted octanol–water partition coefficient (Wildman–Crippen LogP) is 2.53. The zero-order valence-electron chi connectivity index (χ0n) is 11.7. The molecular formula is C16H12N2O3S. The van der Waals surface area contributed by atoms with Crippen LogP contribution in [0.1, 0.15) is 15.4 Å². The molecule has 0 amide bonds. The molecule has 3 aromatic rings. The summed E-state index contributed by atoms with van der Waals surface area (Å²) in [7, 11) is 1.57. The fourth-order valence-electron chi connectivity index (χ4n) is 1.97. The summed E-state index contributed by atoms with van der Waals surface area (Å²) < 4.78 is 6.30. The Morgan fingerprint density at radius 3 is 2.41 bits per heavy atom. The average molecular weight is 312 g/mol. The fourth-order valence-corrected chi connectivity index (χ4v) is 2.70. The van der Waals surface area contributed by atoms with Gasteiger partial charge in [-0.3, -0.25) is 9.59 Å². The Morgan fingerprint density at radius 2 is 1.77 bits per heavy atom. The Kier molecular flexibility index (Phi) is 3.84. The van der Waals surface area contributed by atoms with E-state index in [1.54, 1.807) is 55.6 Å². The number of nitrogens with zero attached hydrogens (tertiary/aromatic N) is 2. The van der Waals surface area contributed by atoms with Gasteiger partial charge < -0.3 is 4.74 Å². The topological polar surface area (TPSA) is 61.2 Å². The first-order valence-electron chi connectivity index (χ1n) is 6.53. The van der Waals surface area contributed by atoms with Crippen molar-refractivity contribution in [3.63, 3.8) is 0 Å². The summed E-state index contributed by atoms with van der Waals surface area (Å²) in [4.78, 5) is 24.1. The number of carbonyl (C=O) groups excluding carboxylic acids is 1. The third-order valence-corrected chi connectivity index (χ3v) is 3.90. The normalized spacial score (nSPS) is 10.4. The van der Waals surface area contributed by atoms with E-state index in [2.05, 4.69) is 5.10 Å². The van der Waals surface area contributed by atoms with Crippen molar-refractivity contribution in [1.29, 1.82) is 0 Å². The van der Waals surface area contributed by atoms with Gasteiger partial charge in [0.15, 0.2) is 5.01 Å². The molecule has 3 rings (SSSR count). The molecule has 0 N–H and O–H groups in total. The molecule has 0 aliphatic rings. The molecule has 22 heavy (non-hydrogen) atoms. The number of methoxy groups -OCH3 is 1. The predicted molar refractivity (Wildman–Crippen MR) is 84.1 cm³/mol. The van der Waals surface area contributed by atoms with E-state index in [1.807, 2.05) is 6.07 Å². The van der Waals surface area contributed by atoms with Crippen LogP contribution in [0.25, 0.3) is 5.69 Å². The van der Waals surface area contributed by atoms with Crippen LogP contribution < -0.4 is 9.61 Å². The molecule has 0 saturated carbocycles. The van der Waals surface area contributed by atoms with Gasteiger partial charge in [0.05, 0.1) is 12.8 Å². The number of carbonyl (C=O) groups is 1. The molecule has 0 fully saturated rings. The maximum absolute atomic E-state index is 12.3. The number of benzene rings is 2. The summed E-state index contributed by atoms with van der Waals surface area (Å²) >= 11 is 0.838. The van der Waals surface area contributed by atoms with E-state index in [4.69, 9.17) is 4.74 Å². The molecule has 1 aromatic heterocycles. The van der Waals surface area contributed by atoms with Gasteiger partial charge in [-0.15, -0.1) is 5.10 Å². The van der Waals surface area contributed by atoms with Gasteiger partial charge in [0, 0.05) is 5.56 Å². The first kappa shape index (κ1) is 14.2. The minimum absolute atomic E-state index is 0.173. The Morgan fingerprint density at radius 1 is 1.09 bits per heavy atom. The molecule has 0 atom stereocenters. The summed E-state index contributed by atoms with van der Waals surface area (Å²) in [6.07, 6.45) is 0. The molecule has 1 heterocycles. The Labute approximate surface area is 130 Å². The van der Waals surface area contributed by atoms with Crippen molar-refractivity contribution in [1.82, 2.24) is 9.78 Å². The van der Waals surface area contributed by atoms with E-state index in [0.717, 1.165) is 11.3 Å². The van der Waals surface area contributed by atoms with Crippen molar-refractivity contribution < 1.29 is 9.53 Å². The Balaban J connectivity index is 1.97. The second-order valence-electron chi connectivity index (χ2n) is 4.48. The number of ether oxygens (including phenoxy) is 1. The molecule has 0 unspecified atom stereocenters. The molecule has 6 heteroatoms. The summed E-state index contributed by atoms with van der Waals surface area (Å²) in [6, 6.07) is 15.7. The molecular weight excluding hydrogens is 300 g/mol. The number of aromatic nitrogens is 2. The molecule has 2 aromatic carbocycles. The molecule has 5 nitrogen and oxygen atoms in total. The molecule has 0 aliphatic carbocycles. The number of hydrogen-bond acceptors (Lipinski definition) is 5. The highest BCUT2D eigenvalue weighted by Gasteiger charge is 2.16. The van der Waals surface area contributed by atoms with Gasteiger partial charge in [0.2, 0.25) is 5.78 Å². The second kappa shape index (κ2) is 5.95. The van der Waals surface area contributed by atoms with Crippen molar-refractivity contribution in [2.75, 3.05) is 7.11 Å². The van der Waals surface area contributed by atoms with Gasteiger partial charge in [-0.05, 0) is 35.6 Å². The van der Waals surface area contributed by atoms with Crippen LogP contribution in [0.5, 0.6) is 5.75 Å². The van der Waals surface area contributed by atoms with Crippen LogP contribution in [0.4, 0.5) is 0 Å². The molecule has 0 spiro atoms. The largest absolute Gasteiger partial charge is 0.497 e. The summed E-state index contributed by atoms with van der Waals surface area (Å²) in [5.74, 6) is 0.433. The first-order chi connectivity index (χ1) is 10.7. The average Bonchev–Trinajstić information content (AvgIpc) is 2.97. The van der Waals surface area contributed by atoms with Crippen LogP contribution in [0.2, 0.25) is 0 Å². The molecule has 0 bridgehead atoms. The van der Waals surface area contributed by atoms with Gasteiger partial charge >= 0.3 is 4.87 Å². The second-order valence-corrected chi connectivity index (χ2v) is 5.42. The maximum Gasteiger partial charge on any atom is 0.330 e. The van der Waals surface area contributed by atoms with E-state index in [0.29, 0.717) is 17.0 Å². The SMILES string of the molecule is COc1ccc(-n2nc(C(=O)c3ccccc3)sc2=O)cc1. The summed E-state index contributed by atoms with van der Waals surface area (Å²) in [5, 5.41) is 4.32. The number of hydrogen-bond donors (Lipinski definition) is 0. The smallest absolute Gasteiger partial charge is 0.330 e. The van der Waals surface area contributed by atoms with Gasteiger partial charge in [-0.1, -0.05) is 30.3 Å². The molecule has 0 aliphatic heterocycles. The van der Waals surface area contributed by atoms with Crippen LogP contribution in [0.15, 0.2) is 59.4 Å². The maximum atomic E-state index is 12.3. The molecule has 0 saturated heterocycles. The lowest BCUT2D eigenvalue weighted by atomic mass is 10.1.